The minimum atomic E-state index is -0.581. The lowest BCUT2D eigenvalue weighted by atomic mass is 10.1. The summed E-state index contributed by atoms with van der Waals surface area (Å²) < 4.78 is 11.0. The molecule has 0 amide bonds. The predicted molar refractivity (Wildman–Crippen MR) is 125 cm³/mol. The van der Waals surface area contributed by atoms with Gasteiger partial charge in [-0.2, -0.15) is 0 Å². The third-order valence-corrected chi connectivity index (χ3v) is 5.23. The number of unbranched alkanes of at least 4 members (excludes halogenated alkanes) is 1. The van der Waals surface area contributed by atoms with Crippen LogP contribution < -0.4 is 26.5 Å². The molecule has 0 unspecified atom stereocenters. The summed E-state index contributed by atoms with van der Waals surface area (Å²) >= 11 is 0. The molecule has 1 aromatic heterocycles. The van der Waals surface area contributed by atoms with Crippen LogP contribution in [-0.2, 0) is 6.54 Å². The second-order valence-corrected chi connectivity index (χ2v) is 7.58. The fourth-order valence-corrected chi connectivity index (χ4v) is 3.47. The van der Waals surface area contributed by atoms with Gasteiger partial charge in [0.15, 0.2) is 17.1 Å². The molecule has 6 N–H and O–H groups in total. The molecule has 2 aromatic carbocycles. The minimum Gasteiger partial charge on any atom is -0.504 e. The van der Waals surface area contributed by atoms with Crippen molar-refractivity contribution in [1.82, 2.24) is 10.6 Å². The molecular formula is C24H31N3O5. The first-order chi connectivity index (χ1) is 15.6. The van der Waals surface area contributed by atoms with E-state index in [9.17, 15) is 15.0 Å². The van der Waals surface area contributed by atoms with E-state index >= 15 is 0 Å². The van der Waals surface area contributed by atoms with E-state index in [2.05, 4.69) is 10.6 Å². The second kappa shape index (κ2) is 11.5. The Morgan fingerprint density at radius 2 is 1.66 bits per heavy atom. The van der Waals surface area contributed by atoms with Crippen molar-refractivity contribution < 1.29 is 19.4 Å². The summed E-state index contributed by atoms with van der Waals surface area (Å²) in [5.41, 5.74) is 6.61. The highest BCUT2D eigenvalue weighted by Gasteiger charge is 2.19. The maximum atomic E-state index is 12.6. The molecule has 0 saturated carbocycles. The molecule has 8 nitrogen and oxygen atoms in total. The second-order valence-electron chi connectivity index (χ2n) is 7.58. The van der Waals surface area contributed by atoms with Crippen LogP contribution in [0.1, 0.15) is 24.8 Å². The lowest BCUT2D eigenvalue weighted by Gasteiger charge is -2.10. The molecular weight excluding hydrogens is 410 g/mol. The Morgan fingerprint density at radius 3 is 2.34 bits per heavy atom. The van der Waals surface area contributed by atoms with Gasteiger partial charge >= 0.3 is 0 Å². The van der Waals surface area contributed by atoms with Crippen molar-refractivity contribution in [2.45, 2.75) is 25.8 Å². The zero-order valence-corrected chi connectivity index (χ0v) is 18.3. The van der Waals surface area contributed by atoms with Crippen molar-refractivity contribution in [3.05, 3.63) is 52.2 Å². The van der Waals surface area contributed by atoms with E-state index in [4.69, 9.17) is 14.9 Å². The highest BCUT2D eigenvalue weighted by atomic mass is 16.5. The molecule has 1 heterocycles. The van der Waals surface area contributed by atoms with E-state index in [-0.39, 0.29) is 28.2 Å². The zero-order chi connectivity index (χ0) is 22.9. The van der Waals surface area contributed by atoms with E-state index < -0.39 is 11.2 Å². The Balaban J connectivity index is 1.63. The van der Waals surface area contributed by atoms with Gasteiger partial charge in [0.05, 0.1) is 12.5 Å². The van der Waals surface area contributed by atoms with Gasteiger partial charge in [-0.1, -0.05) is 24.3 Å². The van der Waals surface area contributed by atoms with Crippen LogP contribution in [0.3, 0.4) is 0 Å². The first kappa shape index (κ1) is 23.6. The minimum absolute atomic E-state index is 0.0352. The standard InChI is InChI=1S/C24H31N3O5/c1-31-24-19(28)10-9-18-20(29)21(30)22(32-23(18)24)17-7-5-16(6-8-17)15-27-13-3-2-12-26-14-4-11-25/h5-10,26-28,30H,2-4,11-15,25H2,1H3. The van der Waals surface area contributed by atoms with Crippen LogP contribution in [0.4, 0.5) is 0 Å². The van der Waals surface area contributed by atoms with Crippen molar-refractivity contribution in [2.24, 2.45) is 5.73 Å². The largest absolute Gasteiger partial charge is 0.504 e. The zero-order valence-electron chi connectivity index (χ0n) is 18.3. The number of methoxy groups -OCH3 is 1. The number of phenols is 1. The SMILES string of the molecule is COc1c(O)ccc2c(=O)c(O)c(-c3ccc(CNCCCCNCCCN)cc3)oc12. The molecule has 0 aliphatic rings. The molecule has 0 aliphatic heterocycles. The average molecular weight is 442 g/mol. The molecule has 3 aromatic rings. The highest BCUT2D eigenvalue weighted by molar-refractivity contribution is 5.88. The monoisotopic (exact) mass is 441 g/mol. The van der Waals surface area contributed by atoms with Gasteiger partial charge in [-0.05, 0) is 63.1 Å². The normalized spacial score (nSPS) is 11.2. The van der Waals surface area contributed by atoms with E-state index in [1.165, 1.54) is 19.2 Å². The number of rotatable bonds is 12. The van der Waals surface area contributed by atoms with Gasteiger partial charge in [0.1, 0.15) is 0 Å². The Morgan fingerprint density at radius 1 is 0.969 bits per heavy atom. The maximum absolute atomic E-state index is 12.6. The van der Waals surface area contributed by atoms with Gasteiger partial charge in [-0.3, -0.25) is 4.79 Å². The molecule has 0 aliphatic carbocycles. The third kappa shape index (κ3) is 5.59. The Labute approximate surface area is 187 Å². The number of ether oxygens (including phenoxy) is 1. The van der Waals surface area contributed by atoms with Crippen LogP contribution in [0.2, 0.25) is 0 Å². The number of phenolic OH excluding ortho intramolecular Hbond substituents is 1. The van der Waals surface area contributed by atoms with Crippen molar-refractivity contribution >= 4 is 11.0 Å². The van der Waals surface area contributed by atoms with Crippen molar-refractivity contribution in [1.29, 1.82) is 0 Å². The molecule has 0 saturated heterocycles. The van der Waals surface area contributed by atoms with Gasteiger partial charge in [0.25, 0.3) is 0 Å². The number of aromatic hydroxyl groups is 2. The lowest BCUT2D eigenvalue weighted by molar-refractivity contribution is 0.369. The first-order valence-electron chi connectivity index (χ1n) is 10.8. The Bertz CT molecular complexity index is 1080. The summed E-state index contributed by atoms with van der Waals surface area (Å²) in [6.45, 7) is 4.33. The van der Waals surface area contributed by atoms with Crippen molar-refractivity contribution in [2.75, 3.05) is 33.3 Å². The fourth-order valence-electron chi connectivity index (χ4n) is 3.47. The number of nitrogens with one attached hydrogen (secondary N) is 2. The van der Waals surface area contributed by atoms with Crippen LogP contribution in [0, 0.1) is 0 Å². The Kier molecular flexibility index (Phi) is 8.49. The predicted octanol–water partition coefficient (Wildman–Crippen LogP) is 2.69. The molecule has 0 fully saturated rings. The van der Waals surface area contributed by atoms with Crippen LogP contribution >= 0.6 is 0 Å². The van der Waals surface area contributed by atoms with Crippen LogP contribution in [-0.4, -0.2) is 43.5 Å². The third-order valence-electron chi connectivity index (χ3n) is 5.23. The number of hydrogen-bond acceptors (Lipinski definition) is 8. The molecule has 0 atom stereocenters. The lowest BCUT2D eigenvalue weighted by Crippen LogP contribution is -2.21. The van der Waals surface area contributed by atoms with Gasteiger partial charge in [-0.25, -0.2) is 0 Å². The molecule has 0 bridgehead atoms. The van der Waals surface area contributed by atoms with Gasteiger partial charge < -0.3 is 35.7 Å². The number of nitrogens with two attached hydrogens (primary N) is 1. The van der Waals surface area contributed by atoms with Gasteiger partial charge in [-0.15, -0.1) is 0 Å². The Hall–Kier alpha value is -3.07. The smallest absolute Gasteiger partial charge is 0.235 e. The summed E-state index contributed by atoms with van der Waals surface area (Å²) in [6, 6.07) is 10.1. The quantitative estimate of drug-likeness (QED) is 0.271. The molecule has 0 radical (unpaired) electrons. The highest BCUT2D eigenvalue weighted by Crippen LogP contribution is 2.38. The summed E-state index contributed by atoms with van der Waals surface area (Å²) in [4.78, 5) is 12.6. The first-order valence-corrected chi connectivity index (χ1v) is 10.8. The van der Waals surface area contributed by atoms with Crippen molar-refractivity contribution in [3.8, 4) is 28.6 Å². The fraction of sp³-hybridized carbons (Fsp3) is 0.375. The van der Waals surface area contributed by atoms with Gasteiger partial charge in [0, 0.05) is 12.1 Å². The molecule has 0 spiro atoms. The van der Waals surface area contributed by atoms with E-state index in [0.29, 0.717) is 5.56 Å². The van der Waals surface area contributed by atoms with Crippen LogP contribution in [0.5, 0.6) is 17.2 Å². The van der Waals surface area contributed by atoms with E-state index in [1.807, 2.05) is 12.1 Å². The van der Waals surface area contributed by atoms with Gasteiger partial charge in [0.2, 0.25) is 16.9 Å². The van der Waals surface area contributed by atoms with E-state index in [1.54, 1.807) is 12.1 Å². The number of benzene rings is 2. The number of fused-ring (bicyclic) bond motifs is 1. The maximum Gasteiger partial charge on any atom is 0.235 e. The average Bonchev–Trinajstić information content (AvgIpc) is 2.80. The molecule has 172 valence electrons. The summed E-state index contributed by atoms with van der Waals surface area (Å²) in [5, 5.41) is 27.3. The molecule has 8 heteroatoms. The van der Waals surface area contributed by atoms with Crippen LogP contribution in [0.25, 0.3) is 22.3 Å². The van der Waals surface area contributed by atoms with Crippen molar-refractivity contribution in [3.63, 3.8) is 0 Å². The van der Waals surface area contributed by atoms with E-state index in [0.717, 1.165) is 57.5 Å². The summed E-state index contributed by atoms with van der Waals surface area (Å²) in [6.07, 6.45) is 3.19. The number of hydrogen-bond donors (Lipinski definition) is 5. The summed E-state index contributed by atoms with van der Waals surface area (Å²) in [5.74, 6) is -0.534. The molecule has 32 heavy (non-hydrogen) atoms. The summed E-state index contributed by atoms with van der Waals surface area (Å²) in [7, 11) is 1.38. The topological polar surface area (TPSA) is 130 Å². The van der Waals surface area contributed by atoms with Crippen LogP contribution in [0.15, 0.2) is 45.6 Å². The molecule has 3 rings (SSSR count).